The summed E-state index contributed by atoms with van der Waals surface area (Å²) < 4.78 is 31.4. The summed E-state index contributed by atoms with van der Waals surface area (Å²) in [4.78, 5) is 25.0. The van der Waals surface area contributed by atoms with Gasteiger partial charge in [-0.05, 0) is 24.1 Å². The molecule has 0 aliphatic carbocycles. The van der Waals surface area contributed by atoms with Crippen molar-refractivity contribution in [2.45, 2.75) is 20.5 Å². The first-order valence-corrected chi connectivity index (χ1v) is 8.84. The van der Waals surface area contributed by atoms with Gasteiger partial charge in [0.25, 0.3) is 11.8 Å². The molecule has 2 amide bonds. The minimum absolute atomic E-state index is 0.109. The first-order valence-electron chi connectivity index (χ1n) is 8.05. The Labute approximate surface area is 163 Å². The molecule has 0 aliphatic rings. The molecule has 2 N–H and O–H groups in total. The zero-order valence-corrected chi connectivity index (χ0v) is 16.5. The topological polar surface area (TPSA) is 85.2 Å². The summed E-state index contributed by atoms with van der Waals surface area (Å²) in [7, 11) is 1.56. The molecule has 27 heavy (non-hydrogen) atoms. The molecule has 0 aliphatic heterocycles. The number of aromatic nitrogens is 2. The van der Waals surface area contributed by atoms with Gasteiger partial charge >= 0.3 is 6.61 Å². The molecule has 0 fully saturated rings. The number of anilines is 1. The highest BCUT2D eigenvalue weighted by Crippen LogP contribution is 2.26. The molecule has 1 heterocycles. The summed E-state index contributed by atoms with van der Waals surface area (Å²) in [5.41, 5.74) is 0.198. The lowest BCUT2D eigenvalue weighted by Crippen LogP contribution is -2.30. The molecule has 10 heteroatoms. The van der Waals surface area contributed by atoms with Crippen LogP contribution in [0.1, 0.15) is 34.7 Å². The Morgan fingerprint density at radius 2 is 2.00 bits per heavy atom. The van der Waals surface area contributed by atoms with E-state index in [4.69, 9.17) is 0 Å². The van der Waals surface area contributed by atoms with E-state index in [1.165, 1.54) is 29.1 Å². The average Bonchev–Trinajstić information content (AvgIpc) is 2.94. The fourth-order valence-electron chi connectivity index (χ4n) is 2.25. The molecule has 1 aromatic carbocycles. The predicted octanol–water partition coefficient (Wildman–Crippen LogP) is 3.42. The van der Waals surface area contributed by atoms with E-state index in [0.29, 0.717) is 11.0 Å². The van der Waals surface area contributed by atoms with E-state index in [2.05, 4.69) is 36.4 Å². The molecule has 1 aromatic heterocycles. The molecule has 146 valence electrons. The molecule has 0 unspecified atom stereocenters. The van der Waals surface area contributed by atoms with Crippen molar-refractivity contribution >= 4 is 33.4 Å². The fraction of sp³-hybridized carbons (Fsp3) is 0.353. The maximum Gasteiger partial charge on any atom is 0.387 e. The monoisotopic (exact) mass is 444 g/mol. The van der Waals surface area contributed by atoms with Crippen molar-refractivity contribution in [3.8, 4) is 5.75 Å². The van der Waals surface area contributed by atoms with E-state index in [1.54, 1.807) is 7.05 Å². The minimum Gasteiger partial charge on any atom is -0.434 e. The Hall–Kier alpha value is -2.49. The van der Waals surface area contributed by atoms with E-state index in [1.807, 2.05) is 13.8 Å². The number of hydrogen-bond acceptors (Lipinski definition) is 4. The van der Waals surface area contributed by atoms with Gasteiger partial charge in [0.1, 0.15) is 11.4 Å². The van der Waals surface area contributed by atoms with Gasteiger partial charge in [-0.2, -0.15) is 13.9 Å². The van der Waals surface area contributed by atoms with Gasteiger partial charge in [-0.1, -0.05) is 29.8 Å². The standard InChI is InChI=1S/C17H19BrF2N4O3/c1-9(2)7-21-16(26)14-12(8-22-24(14)3)23-15(25)11-6-10(18)4-5-13(11)27-17(19)20/h4-6,8-9,17H,7H2,1-3H3,(H,21,26)(H,23,25). The minimum atomic E-state index is -3.08. The zero-order chi connectivity index (χ0) is 20.1. The van der Waals surface area contributed by atoms with Gasteiger partial charge in [0.05, 0.1) is 17.4 Å². The molecule has 7 nitrogen and oxygen atoms in total. The van der Waals surface area contributed by atoms with Gasteiger partial charge in [-0.15, -0.1) is 0 Å². The molecular weight excluding hydrogens is 426 g/mol. The molecule has 2 aromatic rings. The maximum absolute atomic E-state index is 12.6. The molecule has 0 bridgehead atoms. The van der Waals surface area contributed by atoms with Crippen LogP contribution in [0.15, 0.2) is 28.9 Å². The van der Waals surface area contributed by atoms with Crippen LogP contribution in [0.2, 0.25) is 0 Å². The highest BCUT2D eigenvalue weighted by Gasteiger charge is 2.22. The van der Waals surface area contributed by atoms with Gasteiger partial charge in [0, 0.05) is 18.1 Å². The third-order valence-corrected chi connectivity index (χ3v) is 3.97. The highest BCUT2D eigenvalue weighted by molar-refractivity contribution is 9.10. The van der Waals surface area contributed by atoms with Gasteiger partial charge in [0.15, 0.2) is 0 Å². The van der Waals surface area contributed by atoms with Crippen molar-refractivity contribution in [1.82, 2.24) is 15.1 Å². The van der Waals surface area contributed by atoms with Crippen LogP contribution in [0, 0.1) is 5.92 Å². The van der Waals surface area contributed by atoms with E-state index < -0.39 is 18.4 Å². The van der Waals surface area contributed by atoms with Crippen molar-refractivity contribution in [2.75, 3.05) is 11.9 Å². The first-order chi connectivity index (χ1) is 12.7. The number of hydrogen-bond donors (Lipinski definition) is 2. The Bertz CT molecular complexity index is 840. The van der Waals surface area contributed by atoms with Crippen LogP contribution in [0.25, 0.3) is 0 Å². The number of benzene rings is 1. The Kier molecular flexibility index (Phi) is 6.89. The Morgan fingerprint density at radius 1 is 1.30 bits per heavy atom. The van der Waals surface area contributed by atoms with Crippen molar-refractivity contribution < 1.29 is 23.1 Å². The lowest BCUT2D eigenvalue weighted by molar-refractivity contribution is -0.0501. The molecular formula is C17H19BrF2N4O3. The first kappa shape index (κ1) is 20.8. The van der Waals surface area contributed by atoms with E-state index in [0.717, 1.165) is 0 Å². The molecule has 2 rings (SSSR count). The molecule has 0 saturated heterocycles. The summed E-state index contributed by atoms with van der Waals surface area (Å²) in [5.74, 6) is -1.15. The van der Waals surface area contributed by atoms with Crippen molar-refractivity contribution in [1.29, 1.82) is 0 Å². The number of aryl methyl sites for hydroxylation is 1. The number of nitrogens with one attached hydrogen (secondary N) is 2. The second kappa shape index (κ2) is 8.94. The Morgan fingerprint density at radius 3 is 2.63 bits per heavy atom. The van der Waals surface area contributed by atoms with Gasteiger partial charge in [-0.3, -0.25) is 14.3 Å². The SMILES string of the molecule is CC(C)CNC(=O)c1c(NC(=O)c2cc(Br)ccc2OC(F)F)cnn1C. The normalized spacial score (nSPS) is 11.0. The summed E-state index contributed by atoms with van der Waals surface area (Å²) >= 11 is 3.19. The van der Waals surface area contributed by atoms with Crippen LogP contribution < -0.4 is 15.4 Å². The van der Waals surface area contributed by atoms with Crippen LogP contribution in [-0.4, -0.2) is 34.8 Å². The number of halogens is 3. The number of ether oxygens (including phenoxy) is 1. The summed E-state index contributed by atoms with van der Waals surface area (Å²) in [5, 5.41) is 9.25. The summed E-state index contributed by atoms with van der Waals surface area (Å²) in [6, 6.07) is 4.08. The maximum atomic E-state index is 12.6. The third kappa shape index (κ3) is 5.49. The number of rotatable bonds is 7. The fourth-order valence-corrected chi connectivity index (χ4v) is 2.61. The van der Waals surface area contributed by atoms with E-state index in [-0.39, 0.29) is 28.6 Å². The van der Waals surface area contributed by atoms with Crippen molar-refractivity contribution in [3.05, 3.63) is 40.1 Å². The number of carbonyl (C=O) groups excluding carboxylic acids is 2. The highest BCUT2D eigenvalue weighted by atomic mass is 79.9. The van der Waals surface area contributed by atoms with Gasteiger partial charge in [-0.25, -0.2) is 0 Å². The average molecular weight is 445 g/mol. The molecule has 0 saturated carbocycles. The van der Waals surface area contributed by atoms with Crippen LogP contribution in [-0.2, 0) is 7.05 Å². The number of carbonyl (C=O) groups is 2. The number of alkyl halides is 2. The van der Waals surface area contributed by atoms with Gasteiger partial charge in [0.2, 0.25) is 0 Å². The molecule has 0 radical (unpaired) electrons. The quantitative estimate of drug-likeness (QED) is 0.684. The van der Waals surface area contributed by atoms with Crippen LogP contribution in [0.5, 0.6) is 5.75 Å². The third-order valence-electron chi connectivity index (χ3n) is 3.48. The van der Waals surface area contributed by atoms with E-state index >= 15 is 0 Å². The second-order valence-corrected chi connectivity index (χ2v) is 7.02. The number of amides is 2. The summed E-state index contributed by atoms with van der Waals surface area (Å²) in [6.45, 7) is 1.28. The smallest absolute Gasteiger partial charge is 0.387 e. The second-order valence-electron chi connectivity index (χ2n) is 6.11. The van der Waals surface area contributed by atoms with Crippen LogP contribution in [0.4, 0.5) is 14.5 Å². The van der Waals surface area contributed by atoms with Gasteiger partial charge < -0.3 is 15.4 Å². The molecule has 0 atom stereocenters. The van der Waals surface area contributed by atoms with Crippen LogP contribution in [0.3, 0.4) is 0 Å². The van der Waals surface area contributed by atoms with Crippen molar-refractivity contribution in [2.24, 2.45) is 13.0 Å². The predicted molar refractivity (Wildman–Crippen MR) is 99.1 cm³/mol. The Balaban J connectivity index is 2.27. The number of nitrogens with zero attached hydrogens (tertiary/aromatic N) is 2. The van der Waals surface area contributed by atoms with Crippen LogP contribution >= 0.6 is 15.9 Å². The lowest BCUT2D eigenvalue weighted by Gasteiger charge is -2.12. The summed E-state index contributed by atoms with van der Waals surface area (Å²) in [6.07, 6.45) is 1.31. The molecule has 0 spiro atoms. The van der Waals surface area contributed by atoms with E-state index in [9.17, 15) is 18.4 Å². The lowest BCUT2D eigenvalue weighted by atomic mass is 10.2. The zero-order valence-electron chi connectivity index (χ0n) is 14.9. The van der Waals surface area contributed by atoms with Crippen molar-refractivity contribution in [3.63, 3.8) is 0 Å². The largest absolute Gasteiger partial charge is 0.434 e.